The van der Waals surface area contributed by atoms with Crippen LogP contribution in [0.2, 0.25) is 0 Å². The van der Waals surface area contributed by atoms with E-state index in [2.05, 4.69) is 4.57 Å². The van der Waals surface area contributed by atoms with Gasteiger partial charge < -0.3 is 14.0 Å². The number of carbonyl (C=O) groups is 2. The fourth-order valence-corrected chi connectivity index (χ4v) is 2.81. The van der Waals surface area contributed by atoms with E-state index in [1.54, 1.807) is 31.4 Å². The minimum atomic E-state index is -0.0539. The summed E-state index contributed by atoms with van der Waals surface area (Å²) in [6, 6.07) is 8.72. The number of aryl methyl sites for hydroxylation is 1. The predicted molar refractivity (Wildman–Crippen MR) is 96.7 cm³/mol. The van der Waals surface area contributed by atoms with Gasteiger partial charge in [0.2, 0.25) is 5.78 Å². The van der Waals surface area contributed by atoms with E-state index in [0.717, 1.165) is 24.4 Å². The lowest BCUT2D eigenvalue weighted by Crippen LogP contribution is -2.13. The maximum atomic E-state index is 12.5. The average molecular weight is 343 g/mol. The van der Waals surface area contributed by atoms with Crippen molar-refractivity contribution in [2.45, 2.75) is 33.7 Å². The third-order valence-corrected chi connectivity index (χ3v) is 4.24. The van der Waals surface area contributed by atoms with Crippen LogP contribution >= 0.6 is 0 Å². The second kappa shape index (κ2) is 8.62. The molecule has 0 unspecified atom stereocenters. The molecule has 0 aliphatic carbocycles. The first-order valence-corrected chi connectivity index (χ1v) is 8.36. The van der Waals surface area contributed by atoms with Crippen molar-refractivity contribution < 1.29 is 19.1 Å². The molecule has 1 aromatic carbocycles. The Labute approximate surface area is 148 Å². The minimum Gasteiger partial charge on any atom is -0.485 e. The topological polar surface area (TPSA) is 57.5 Å². The molecule has 0 N–H and O–H groups in total. The van der Waals surface area contributed by atoms with E-state index in [0.29, 0.717) is 23.5 Å². The second-order valence-corrected chi connectivity index (χ2v) is 6.08. The Bertz CT molecular complexity index is 744. The van der Waals surface area contributed by atoms with Gasteiger partial charge in [-0.25, -0.2) is 0 Å². The molecule has 1 heterocycles. The van der Waals surface area contributed by atoms with Gasteiger partial charge in [0.25, 0.3) is 0 Å². The molecular weight excluding hydrogens is 318 g/mol. The van der Waals surface area contributed by atoms with Crippen molar-refractivity contribution in [2.75, 3.05) is 20.3 Å². The third-order valence-electron chi connectivity index (χ3n) is 4.24. The van der Waals surface area contributed by atoms with E-state index in [-0.39, 0.29) is 18.2 Å². The van der Waals surface area contributed by atoms with Gasteiger partial charge in [0, 0.05) is 42.8 Å². The molecule has 0 bridgehead atoms. The molecule has 0 fully saturated rings. The van der Waals surface area contributed by atoms with Crippen molar-refractivity contribution in [2.24, 2.45) is 0 Å². The molecule has 0 atom stereocenters. The summed E-state index contributed by atoms with van der Waals surface area (Å²) in [5.74, 6) is 0.525. The number of hydrogen-bond donors (Lipinski definition) is 0. The van der Waals surface area contributed by atoms with Crippen molar-refractivity contribution in [3.63, 3.8) is 0 Å². The molecule has 2 rings (SSSR count). The van der Waals surface area contributed by atoms with Crippen LogP contribution in [0.5, 0.6) is 5.75 Å². The molecule has 0 saturated heterocycles. The minimum absolute atomic E-state index is 0.00328. The maximum absolute atomic E-state index is 12.5. The van der Waals surface area contributed by atoms with E-state index in [1.165, 1.54) is 6.92 Å². The lowest BCUT2D eigenvalue weighted by molar-refractivity contribution is 0.0919. The molecule has 5 heteroatoms. The number of benzene rings is 1. The van der Waals surface area contributed by atoms with Crippen LogP contribution in [0.3, 0.4) is 0 Å². The predicted octanol–water partition coefficient (Wildman–Crippen LogP) is 3.61. The number of aromatic nitrogens is 1. The van der Waals surface area contributed by atoms with Gasteiger partial charge in [-0.05, 0) is 57.5 Å². The van der Waals surface area contributed by atoms with Gasteiger partial charge in [0.15, 0.2) is 12.4 Å². The highest BCUT2D eigenvalue weighted by Gasteiger charge is 2.16. The lowest BCUT2D eigenvalue weighted by atomic mass is 10.1. The van der Waals surface area contributed by atoms with Crippen LogP contribution in [0.4, 0.5) is 0 Å². The molecule has 2 aromatic rings. The van der Waals surface area contributed by atoms with E-state index in [9.17, 15) is 9.59 Å². The van der Waals surface area contributed by atoms with Crippen LogP contribution < -0.4 is 4.74 Å². The van der Waals surface area contributed by atoms with Gasteiger partial charge in [0.05, 0.1) is 0 Å². The Morgan fingerprint density at radius 1 is 1.12 bits per heavy atom. The zero-order chi connectivity index (χ0) is 18.4. The SMILES string of the molecule is COCCCn1c(C)cc(C(=O)COc2ccc(C(C)=O)cc2)c1C. The third kappa shape index (κ3) is 4.79. The molecule has 0 saturated carbocycles. The summed E-state index contributed by atoms with van der Waals surface area (Å²) in [6.45, 7) is 6.96. The highest BCUT2D eigenvalue weighted by molar-refractivity contribution is 5.98. The van der Waals surface area contributed by atoms with E-state index in [1.807, 2.05) is 19.9 Å². The number of ketones is 2. The largest absolute Gasteiger partial charge is 0.485 e. The van der Waals surface area contributed by atoms with Crippen LogP contribution in [-0.4, -0.2) is 36.5 Å². The number of carbonyl (C=O) groups excluding carboxylic acids is 2. The van der Waals surface area contributed by atoms with Crippen molar-refractivity contribution in [3.05, 3.63) is 52.8 Å². The van der Waals surface area contributed by atoms with Crippen molar-refractivity contribution in [3.8, 4) is 5.75 Å². The summed E-state index contributed by atoms with van der Waals surface area (Å²) in [5.41, 5.74) is 3.32. The van der Waals surface area contributed by atoms with Crippen LogP contribution in [0.25, 0.3) is 0 Å². The summed E-state index contributed by atoms with van der Waals surface area (Å²) in [6.07, 6.45) is 0.902. The van der Waals surface area contributed by atoms with Gasteiger partial charge in [-0.1, -0.05) is 0 Å². The molecule has 25 heavy (non-hydrogen) atoms. The van der Waals surface area contributed by atoms with Crippen LogP contribution in [0, 0.1) is 13.8 Å². The Hall–Kier alpha value is -2.40. The Morgan fingerprint density at radius 3 is 2.40 bits per heavy atom. The zero-order valence-electron chi connectivity index (χ0n) is 15.3. The molecule has 0 spiro atoms. The Balaban J connectivity index is 2.00. The first-order valence-electron chi connectivity index (χ1n) is 8.36. The zero-order valence-corrected chi connectivity index (χ0v) is 15.3. The Morgan fingerprint density at radius 2 is 1.80 bits per heavy atom. The van der Waals surface area contributed by atoms with Gasteiger partial charge in [-0.15, -0.1) is 0 Å². The number of nitrogens with zero attached hydrogens (tertiary/aromatic N) is 1. The van der Waals surface area contributed by atoms with Crippen LogP contribution in [0.15, 0.2) is 30.3 Å². The monoisotopic (exact) mass is 343 g/mol. The van der Waals surface area contributed by atoms with Gasteiger partial charge >= 0.3 is 0 Å². The molecule has 5 nitrogen and oxygen atoms in total. The van der Waals surface area contributed by atoms with Gasteiger partial charge in [-0.2, -0.15) is 0 Å². The summed E-state index contributed by atoms with van der Waals surface area (Å²) >= 11 is 0. The molecular formula is C20H25NO4. The van der Waals surface area contributed by atoms with E-state index >= 15 is 0 Å². The normalized spacial score (nSPS) is 10.7. The summed E-state index contributed by atoms with van der Waals surface area (Å²) < 4.78 is 12.8. The molecule has 1 aromatic heterocycles. The van der Waals surface area contributed by atoms with Crippen molar-refractivity contribution >= 4 is 11.6 Å². The number of ether oxygens (including phenoxy) is 2. The standard InChI is InChI=1S/C20H25NO4/c1-14-12-19(15(2)21(14)10-5-11-24-4)20(23)13-25-18-8-6-17(7-9-18)16(3)22/h6-9,12H,5,10-11,13H2,1-4H3. The molecule has 0 amide bonds. The first-order chi connectivity index (χ1) is 11.9. The van der Waals surface area contributed by atoms with Crippen LogP contribution in [-0.2, 0) is 11.3 Å². The number of methoxy groups -OCH3 is 1. The van der Waals surface area contributed by atoms with E-state index < -0.39 is 0 Å². The molecule has 0 aliphatic heterocycles. The summed E-state index contributed by atoms with van der Waals surface area (Å²) in [4.78, 5) is 23.8. The average Bonchev–Trinajstić information content (AvgIpc) is 2.88. The number of Topliss-reactive ketones (excluding diaryl/α,β-unsaturated/α-hetero) is 2. The highest BCUT2D eigenvalue weighted by Crippen LogP contribution is 2.18. The molecule has 0 aliphatic rings. The second-order valence-electron chi connectivity index (χ2n) is 6.08. The van der Waals surface area contributed by atoms with E-state index in [4.69, 9.17) is 9.47 Å². The number of rotatable bonds is 9. The van der Waals surface area contributed by atoms with Crippen molar-refractivity contribution in [1.82, 2.24) is 4.57 Å². The number of hydrogen-bond acceptors (Lipinski definition) is 4. The maximum Gasteiger partial charge on any atom is 0.202 e. The quantitative estimate of drug-likeness (QED) is 0.515. The Kier molecular flexibility index (Phi) is 6.53. The van der Waals surface area contributed by atoms with Crippen LogP contribution in [0.1, 0.15) is 45.4 Å². The lowest BCUT2D eigenvalue weighted by Gasteiger charge is -2.09. The molecule has 134 valence electrons. The molecule has 0 radical (unpaired) electrons. The van der Waals surface area contributed by atoms with Gasteiger partial charge in [0.1, 0.15) is 5.75 Å². The fraction of sp³-hybridized carbons (Fsp3) is 0.400. The van der Waals surface area contributed by atoms with Crippen molar-refractivity contribution in [1.29, 1.82) is 0 Å². The summed E-state index contributed by atoms with van der Waals surface area (Å²) in [7, 11) is 1.69. The fourth-order valence-electron chi connectivity index (χ4n) is 2.81. The van der Waals surface area contributed by atoms with Gasteiger partial charge in [-0.3, -0.25) is 9.59 Å². The summed E-state index contributed by atoms with van der Waals surface area (Å²) in [5, 5.41) is 0. The highest BCUT2D eigenvalue weighted by atomic mass is 16.5. The first kappa shape index (κ1) is 18.9. The smallest absolute Gasteiger partial charge is 0.202 e.